The van der Waals surface area contributed by atoms with Crippen molar-refractivity contribution >= 4 is 24.0 Å². The van der Waals surface area contributed by atoms with E-state index in [1.807, 2.05) is 24.3 Å². The Balaban J connectivity index is 0.00000225. The molecule has 1 aliphatic heterocycles. The number of piperidine rings is 1. The second-order valence-electron chi connectivity index (χ2n) is 6.98. The summed E-state index contributed by atoms with van der Waals surface area (Å²) < 4.78 is 0. The molecule has 3 rings (SSSR count). The first-order chi connectivity index (χ1) is 11.5. The number of carbonyl (C=O) groups excluding carboxylic acids is 1. The number of nitrogens with two attached hydrogens (primary N) is 1. The number of rotatable bonds is 3. The van der Waals surface area contributed by atoms with Gasteiger partial charge in [-0.3, -0.25) is 4.79 Å². The Bertz CT molecular complexity index is 697. The van der Waals surface area contributed by atoms with E-state index in [2.05, 4.69) is 43.0 Å². The van der Waals surface area contributed by atoms with Crippen LogP contribution in [0.2, 0.25) is 0 Å². The predicted octanol–water partition coefficient (Wildman–Crippen LogP) is 4.54. The van der Waals surface area contributed by atoms with E-state index in [9.17, 15) is 4.79 Å². The molecule has 2 aromatic carbocycles. The fraction of sp³-hybridized carbons (Fsp3) is 0.381. The van der Waals surface area contributed by atoms with Crippen LogP contribution in [0, 0.1) is 12.8 Å². The Kier molecular flexibility index (Phi) is 6.49. The maximum Gasteiger partial charge on any atom is 0.227 e. The van der Waals surface area contributed by atoms with Gasteiger partial charge in [0.05, 0.1) is 12.5 Å². The van der Waals surface area contributed by atoms with Crippen LogP contribution in [0.15, 0.2) is 48.5 Å². The highest BCUT2D eigenvalue weighted by Crippen LogP contribution is 2.36. The van der Waals surface area contributed by atoms with E-state index in [1.54, 1.807) is 0 Å². The Labute approximate surface area is 156 Å². The third-order valence-corrected chi connectivity index (χ3v) is 5.01. The number of nitrogens with zero attached hydrogens (tertiary/aromatic N) is 1. The average Bonchev–Trinajstić information content (AvgIpc) is 2.58. The lowest BCUT2D eigenvalue weighted by molar-refractivity contribution is -0.135. The van der Waals surface area contributed by atoms with Crippen LogP contribution in [0.4, 0.5) is 5.69 Å². The number of carbonyl (C=O) groups is 1. The van der Waals surface area contributed by atoms with E-state index in [1.165, 1.54) is 17.5 Å². The largest absolute Gasteiger partial charge is 0.399 e. The summed E-state index contributed by atoms with van der Waals surface area (Å²) in [6.07, 6.45) is 2.69. The number of hydrogen-bond acceptors (Lipinski definition) is 2. The molecule has 2 aromatic rings. The molecule has 1 heterocycles. The maximum absolute atomic E-state index is 12.9. The first kappa shape index (κ1) is 19.3. The van der Waals surface area contributed by atoms with Crippen LogP contribution in [0.1, 0.15) is 42.5 Å². The standard InChI is InChI=1S/C21H26N2O.ClH/c1-15-5-9-18(10-6-15)21-16(2)4-3-13-23(21)20(24)14-17-7-11-19(22)12-8-17;/h5-12,16,21H,3-4,13-14,22H2,1-2H3;1H. The Morgan fingerprint density at radius 3 is 2.40 bits per heavy atom. The van der Waals surface area contributed by atoms with Crippen LogP contribution >= 0.6 is 12.4 Å². The molecular formula is C21H27ClN2O. The minimum absolute atomic E-state index is 0. The molecule has 1 aliphatic rings. The van der Waals surface area contributed by atoms with Crippen molar-refractivity contribution in [1.82, 2.24) is 4.90 Å². The predicted molar refractivity (Wildman–Crippen MR) is 106 cm³/mol. The molecule has 3 nitrogen and oxygen atoms in total. The van der Waals surface area contributed by atoms with Crippen molar-refractivity contribution < 1.29 is 4.79 Å². The summed E-state index contributed by atoms with van der Waals surface area (Å²) in [7, 11) is 0. The molecule has 1 amide bonds. The topological polar surface area (TPSA) is 46.3 Å². The molecule has 0 saturated carbocycles. The summed E-state index contributed by atoms with van der Waals surface area (Å²) in [6.45, 7) is 5.20. The average molecular weight is 359 g/mol. The fourth-order valence-electron chi connectivity index (χ4n) is 3.65. The summed E-state index contributed by atoms with van der Waals surface area (Å²) in [5.74, 6) is 0.689. The highest BCUT2D eigenvalue weighted by Gasteiger charge is 2.32. The molecule has 2 N–H and O–H groups in total. The first-order valence-electron chi connectivity index (χ1n) is 8.75. The van der Waals surface area contributed by atoms with Crippen molar-refractivity contribution in [2.24, 2.45) is 5.92 Å². The third-order valence-electron chi connectivity index (χ3n) is 5.01. The number of anilines is 1. The Morgan fingerprint density at radius 1 is 1.12 bits per heavy atom. The summed E-state index contributed by atoms with van der Waals surface area (Å²) in [4.78, 5) is 15.0. The molecule has 4 heteroatoms. The summed E-state index contributed by atoms with van der Waals surface area (Å²) in [5, 5.41) is 0. The van der Waals surface area contributed by atoms with Crippen LogP contribution in [-0.4, -0.2) is 17.4 Å². The van der Waals surface area contributed by atoms with E-state index < -0.39 is 0 Å². The van der Waals surface area contributed by atoms with Gasteiger partial charge in [-0.15, -0.1) is 12.4 Å². The molecule has 0 bridgehead atoms. The van der Waals surface area contributed by atoms with E-state index in [0.29, 0.717) is 12.3 Å². The zero-order valence-electron chi connectivity index (χ0n) is 14.9. The Hall–Kier alpha value is -2.00. The first-order valence-corrected chi connectivity index (χ1v) is 8.75. The van der Waals surface area contributed by atoms with Gasteiger partial charge >= 0.3 is 0 Å². The number of aryl methyl sites for hydroxylation is 1. The summed E-state index contributed by atoms with van der Waals surface area (Å²) >= 11 is 0. The smallest absolute Gasteiger partial charge is 0.227 e. The van der Waals surface area contributed by atoms with Gasteiger partial charge in [-0.2, -0.15) is 0 Å². The number of hydrogen-bond donors (Lipinski definition) is 1. The summed E-state index contributed by atoms with van der Waals surface area (Å²) in [6, 6.07) is 16.4. The molecule has 1 saturated heterocycles. The van der Waals surface area contributed by atoms with Gasteiger partial charge in [-0.1, -0.05) is 48.9 Å². The van der Waals surface area contributed by atoms with Gasteiger partial charge in [0.2, 0.25) is 5.91 Å². The third kappa shape index (κ3) is 4.55. The van der Waals surface area contributed by atoms with Crippen molar-refractivity contribution in [3.05, 3.63) is 65.2 Å². The van der Waals surface area contributed by atoms with Crippen LogP contribution < -0.4 is 5.73 Å². The number of nitrogen functional groups attached to an aromatic ring is 1. The normalized spacial score (nSPS) is 20.0. The second kappa shape index (κ2) is 8.39. The second-order valence-corrected chi connectivity index (χ2v) is 6.98. The van der Waals surface area contributed by atoms with E-state index in [-0.39, 0.29) is 24.4 Å². The molecule has 2 unspecified atom stereocenters. The highest BCUT2D eigenvalue weighted by molar-refractivity contribution is 5.85. The van der Waals surface area contributed by atoms with Crippen molar-refractivity contribution in [3.8, 4) is 0 Å². The molecular weight excluding hydrogens is 332 g/mol. The van der Waals surface area contributed by atoms with E-state index >= 15 is 0 Å². The maximum atomic E-state index is 12.9. The number of likely N-dealkylation sites (tertiary alicyclic amines) is 1. The minimum Gasteiger partial charge on any atom is -0.399 e. The number of halogens is 1. The molecule has 0 radical (unpaired) electrons. The van der Waals surface area contributed by atoms with E-state index in [0.717, 1.165) is 24.2 Å². The number of benzene rings is 2. The molecule has 0 spiro atoms. The number of amides is 1. The molecule has 0 aromatic heterocycles. The lowest BCUT2D eigenvalue weighted by Gasteiger charge is -2.40. The van der Waals surface area contributed by atoms with Crippen LogP contribution in [0.5, 0.6) is 0 Å². The fourth-order valence-corrected chi connectivity index (χ4v) is 3.65. The molecule has 134 valence electrons. The van der Waals surface area contributed by atoms with Crippen molar-refractivity contribution in [2.75, 3.05) is 12.3 Å². The van der Waals surface area contributed by atoms with Crippen LogP contribution in [0.25, 0.3) is 0 Å². The van der Waals surface area contributed by atoms with Crippen LogP contribution in [0.3, 0.4) is 0 Å². The van der Waals surface area contributed by atoms with Gasteiger partial charge in [-0.25, -0.2) is 0 Å². The monoisotopic (exact) mass is 358 g/mol. The van der Waals surface area contributed by atoms with Crippen molar-refractivity contribution in [1.29, 1.82) is 0 Å². The van der Waals surface area contributed by atoms with Gasteiger partial charge in [0.1, 0.15) is 0 Å². The lowest BCUT2D eigenvalue weighted by Crippen LogP contribution is -2.42. The van der Waals surface area contributed by atoms with Crippen molar-refractivity contribution in [3.63, 3.8) is 0 Å². The van der Waals surface area contributed by atoms with Gasteiger partial charge in [0, 0.05) is 12.2 Å². The highest BCUT2D eigenvalue weighted by atomic mass is 35.5. The van der Waals surface area contributed by atoms with Gasteiger partial charge in [0.15, 0.2) is 0 Å². The molecule has 0 aliphatic carbocycles. The SMILES string of the molecule is Cc1ccc(C2C(C)CCCN2C(=O)Cc2ccc(N)cc2)cc1.Cl. The molecule has 2 atom stereocenters. The molecule has 1 fully saturated rings. The zero-order valence-corrected chi connectivity index (χ0v) is 15.8. The van der Waals surface area contributed by atoms with Crippen LogP contribution in [-0.2, 0) is 11.2 Å². The molecule has 25 heavy (non-hydrogen) atoms. The van der Waals surface area contributed by atoms with Gasteiger partial charge in [-0.05, 0) is 48.9 Å². The van der Waals surface area contributed by atoms with Gasteiger partial charge in [0.25, 0.3) is 0 Å². The van der Waals surface area contributed by atoms with Gasteiger partial charge < -0.3 is 10.6 Å². The minimum atomic E-state index is 0. The Morgan fingerprint density at radius 2 is 1.76 bits per heavy atom. The zero-order chi connectivity index (χ0) is 17.1. The van der Waals surface area contributed by atoms with E-state index in [4.69, 9.17) is 5.73 Å². The quantitative estimate of drug-likeness (QED) is 0.818. The lowest BCUT2D eigenvalue weighted by atomic mass is 9.85. The van der Waals surface area contributed by atoms with Crippen molar-refractivity contribution in [2.45, 2.75) is 39.2 Å². The summed E-state index contributed by atoms with van der Waals surface area (Å²) in [5.41, 5.74) is 9.99.